The van der Waals surface area contributed by atoms with Crippen LogP contribution in [0.1, 0.15) is 18.2 Å². The minimum Gasteiger partial charge on any atom is -0.338 e. The van der Waals surface area contributed by atoms with E-state index in [4.69, 9.17) is 0 Å². The van der Waals surface area contributed by atoms with Crippen LogP contribution in [0, 0.1) is 0 Å². The van der Waals surface area contributed by atoms with Crippen molar-refractivity contribution in [3.05, 3.63) is 60.0 Å². The molecule has 2 aromatic heterocycles. The summed E-state index contributed by atoms with van der Waals surface area (Å²) < 4.78 is 1.92. The molecule has 6 nitrogen and oxygen atoms in total. The maximum absolute atomic E-state index is 11.7. The van der Waals surface area contributed by atoms with Crippen LogP contribution in [0.4, 0.5) is 11.5 Å². The molecule has 0 aliphatic carbocycles. The summed E-state index contributed by atoms with van der Waals surface area (Å²) in [6.45, 7) is 2.97. The van der Waals surface area contributed by atoms with Gasteiger partial charge in [-0.3, -0.25) is 14.5 Å². The van der Waals surface area contributed by atoms with Crippen LogP contribution in [-0.2, 0) is 24.8 Å². The first kappa shape index (κ1) is 16.3. The molecule has 132 valence electrons. The molecule has 0 fully saturated rings. The number of nitrogens with one attached hydrogen (secondary N) is 1. The molecule has 0 saturated heterocycles. The molecule has 3 heterocycles. The fourth-order valence-corrected chi connectivity index (χ4v) is 3.38. The molecule has 1 aliphatic heterocycles. The Balaban J connectivity index is 1.58. The summed E-state index contributed by atoms with van der Waals surface area (Å²) in [5.41, 5.74) is 5.47. The molecule has 6 heteroatoms. The number of rotatable bonds is 3. The van der Waals surface area contributed by atoms with Gasteiger partial charge in [-0.2, -0.15) is 5.10 Å². The van der Waals surface area contributed by atoms with Crippen molar-refractivity contribution >= 4 is 17.4 Å². The van der Waals surface area contributed by atoms with Crippen molar-refractivity contribution in [1.82, 2.24) is 19.7 Å². The predicted molar refractivity (Wildman–Crippen MR) is 101 cm³/mol. The molecule has 0 unspecified atom stereocenters. The maximum Gasteiger partial charge on any atom is 0.219 e. The second-order valence-corrected chi connectivity index (χ2v) is 6.53. The molecular formula is C20H21N5O. The fourth-order valence-electron chi connectivity index (χ4n) is 3.38. The summed E-state index contributed by atoms with van der Waals surface area (Å²) in [6.07, 6.45) is 4.46. The molecule has 0 atom stereocenters. The smallest absolute Gasteiger partial charge is 0.219 e. The molecule has 0 radical (unpaired) electrons. The first-order valence-corrected chi connectivity index (χ1v) is 8.69. The van der Waals surface area contributed by atoms with Crippen molar-refractivity contribution in [1.29, 1.82) is 0 Å². The maximum atomic E-state index is 11.7. The molecular weight excluding hydrogens is 326 g/mol. The van der Waals surface area contributed by atoms with Gasteiger partial charge in [0.15, 0.2) is 5.82 Å². The molecule has 1 aromatic carbocycles. The number of hydrogen-bond acceptors (Lipinski definition) is 4. The number of anilines is 2. The van der Waals surface area contributed by atoms with Gasteiger partial charge in [-0.05, 0) is 29.3 Å². The average Bonchev–Trinajstić information content (AvgIpc) is 2.98. The number of amides is 1. The highest BCUT2D eigenvalue weighted by Gasteiger charge is 2.25. The molecule has 26 heavy (non-hydrogen) atoms. The number of pyridine rings is 1. The van der Waals surface area contributed by atoms with Gasteiger partial charge in [0.1, 0.15) is 0 Å². The molecule has 0 saturated carbocycles. The largest absolute Gasteiger partial charge is 0.338 e. The standard InChI is InChI=1S/C20H21N5O/c1-14(26)25-11-9-19-18(13-25)20(23-24(19)2)22-17-7-5-15(6-8-17)16-4-3-10-21-12-16/h3-8,10,12H,9,11,13H2,1-2H3,(H,22,23). The third kappa shape index (κ3) is 3.06. The lowest BCUT2D eigenvalue weighted by Gasteiger charge is -2.26. The zero-order valence-electron chi connectivity index (χ0n) is 14.9. The summed E-state index contributed by atoms with van der Waals surface area (Å²) >= 11 is 0. The van der Waals surface area contributed by atoms with Gasteiger partial charge in [-0.1, -0.05) is 18.2 Å². The van der Waals surface area contributed by atoms with E-state index >= 15 is 0 Å². The van der Waals surface area contributed by atoms with E-state index in [2.05, 4.69) is 27.5 Å². The van der Waals surface area contributed by atoms with Crippen LogP contribution < -0.4 is 5.32 Å². The summed E-state index contributed by atoms with van der Waals surface area (Å²) in [5.74, 6) is 0.925. The Bertz CT molecular complexity index is 931. The third-order valence-corrected chi connectivity index (χ3v) is 4.83. The Morgan fingerprint density at radius 2 is 1.96 bits per heavy atom. The van der Waals surface area contributed by atoms with E-state index in [1.54, 1.807) is 13.1 Å². The lowest BCUT2D eigenvalue weighted by atomic mass is 10.1. The fraction of sp³-hybridized carbons (Fsp3) is 0.250. The second kappa shape index (κ2) is 6.63. The van der Waals surface area contributed by atoms with Crippen molar-refractivity contribution in [2.24, 2.45) is 7.05 Å². The van der Waals surface area contributed by atoms with Crippen molar-refractivity contribution in [3.8, 4) is 11.1 Å². The minimum absolute atomic E-state index is 0.103. The van der Waals surface area contributed by atoms with E-state index in [9.17, 15) is 4.79 Å². The quantitative estimate of drug-likeness (QED) is 0.791. The highest BCUT2D eigenvalue weighted by atomic mass is 16.2. The zero-order chi connectivity index (χ0) is 18.1. The third-order valence-electron chi connectivity index (χ3n) is 4.83. The van der Waals surface area contributed by atoms with Crippen LogP contribution in [0.25, 0.3) is 11.1 Å². The Morgan fingerprint density at radius 3 is 2.65 bits per heavy atom. The van der Waals surface area contributed by atoms with Crippen LogP contribution >= 0.6 is 0 Å². The topological polar surface area (TPSA) is 63.1 Å². The Labute approximate surface area is 152 Å². The summed E-state index contributed by atoms with van der Waals surface area (Å²) in [7, 11) is 1.96. The summed E-state index contributed by atoms with van der Waals surface area (Å²) in [6, 6.07) is 12.2. The highest BCUT2D eigenvalue weighted by Crippen LogP contribution is 2.29. The van der Waals surface area contributed by atoms with Gasteiger partial charge >= 0.3 is 0 Å². The molecule has 1 aliphatic rings. The van der Waals surface area contributed by atoms with Crippen LogP contribution in [-0.4, -0.2) is 32.1 Å². The Morgan fingerprint density at radius 1 is 1.15 bits per heavy atom. The van der Waals surface area contributed by atoms with Gasteiger partial charge in [-0.15, -0.1) is 0 Å². The van der Waals surface area contributed by atoms with Crippen molar-refractivity contribution in [2.75, 3.05) is 11.9 Å². The summed E-state index contributed by atoms with van der Waals surface area (Å²) in [5, 5.41) is 8.03. The predicted octanol–water partition coefficient (Wildman–Crippen LogP) is 3.13. The molecule has 1 N–H and O–H groups in total. The van der Waals surface area contributed by atoms with Gasteiger partial charge in [0.05, 0.1) is 6.54 Å². The lowest BCUT2D eigenvalue weighted by molar-refractivity contribution is -0.129. The SMILES string of the molecule is CC(=O)N1CCc2c(c(Nc3ccc(-c4cccnc4)cc3)nn2C)C1. The van der Waals surface area contributed by atoms with Crippen molar-refractivity contribution < 1.29 is 4.79 Å². The van der Waals surface area contributed by atoms with E-state index in [0.717, 1.165) is 41.2 Å². The number of nitrogens with zero attached hydrogens (tertiary/aromatic N) is 4. The van der Waals surface area contributed by atoms with Gasteiger partial charge in [-0.25, -0.2) is 0 Å². The monoisotopic (exact) mass is 347 g/mol. The van der Waals surface area contributed by atoms with Crippen LogP contribution in [0.3, 0.4) is 0 Å². The minimum atomic E-state index is 0.103. The summed E-state index contributed by atoms with van der Waals surface area (Å²) in [4.78, 5) is 17.8. The van der Waals surface area contributed by atoms with E-state index < -0.39 is 0 Å². The molecule has 0 spiro atoms. The second-order valence-electron chi connectivity index (χ2n) is 6.53. The van der Waals surface area contributed by atoms with Crippen molar-refractivity contribution in [3.63, 3.8) is 0 Å². The number of aromatic nitrogens is 3. The van der Waals surface area contributed by atoms with E-state index in [1.807, 2.05) is 47.1 Å². The Hall–Kier alpha value is -3.15. The molecule has 1 amide bonds. The Kier molecular flexibility index (Phi) is 4.16. The van der Waals surface area contributed by atoms with Gasteiger partial charge in [0.25, 0.3) is 0 Å². The van der Waals surface area contributed by atoms with E-state index in [-0.39, 0.29) is 5.91 Å². The van der Waals surface area contributed by atoms with Gasteiger partial charge in [0, 0.05) is 56.3 Å². The zero-order valence-corrected chi connectivity index (χ0v) is 14.9. The van der Waals surface area contributed by atoms with E-state index in [1.165, 1.54) is 5.69 Å². The van der Waals surface area contributed by atoms with Gasteiger partial charge < -0.3 is 10.2 Å². The number of aryl methyl sites for hydroxylation is 1. The first-order chi connectivity index (χ1) is 12.6. The average molecular weight is 347 g/mol. The first-order valence-electron chi connectivity index (χ1n) is 8.69. The molecule has 0 bridgehead atoms. The number of carbonyl (C=O) groups excluding carboxylic acids is 1. The number of carbonyl (C=O) groups is 1. The number of benzene rings is 1. The number of fused-ring (bicyclic) bond motifs is 1. The van der Waals surface area contributed by atoms with E-state index in [0.29, 0.717) is 6.54 Å². The van der Waals surface area contributed by atoms with Gasteiger partial charge in [0.2, 0.25) is 5.91 Å². The molecule has 4 rings (SSSR count). The number of hydrogen-bond donors (Lipinski definition) is 1. The van der Waals surface area contributed by atoms with Crippen LogP contribution in [0.15, 0.2) is 48.8 Å². The van der Waals surface area contributed by atoms with Crippen molar-refractivity contribution in [2.45, 2.75) is 19.9 Å². The van der Waals surface area contributed by atoms with Crippen LogP contribution in [0.2, 0.25) is 0 Å². The van der Waals surface area contributed by atoms with Crippen LogP contribution in [0.5, 0.6) is 0 Å². The highest BCUT2D eigenvalue weighted by molar-refractivity contribution is 5.74. The lowest BCUT2D eigenvalue weighted by Crippen LogP contribution is -2.34. The molecule has 3 aromatic rings. The normalized spacial score (nSPS) is 13.4.